The summed E-state index contributed by atoms with van der Waals surface area (Å²) in [5.41, 5.74) is 2.15. The highest BCUT2D eigenvalue weighted by molar-refractivity contribution is 7.07. The highest BCUT2D eigenvalue weighted by Gasteiger charge is 2.31. The molecular formula is C38H35ClN2O7S. The van der Waals surface area contributed by atoms with E-state index in [1.54, 1.807) is 30.3 Å². The summed E-state index contributed by atoms with van der Waals surface area (Å²) >= 11 is 7.98. The van der Waals surface area contributed by atoms with Crippen LogP contribution in [0.15, 0.2) is 94.4 Å². The van der Waals surface area contributed by atoms with Gasteiger partial charge in [0, 0.05) is 6.20 Å². The van der Waals surface area contributed by atoms with Crippen LogP contribution >= 0.6 is 22.9 Å². The number of carbonyl (C=O) groups is 1. The van der Waals surface area contributed by atoms with E-state index in [2.05, 4.69) is 29.3 Å². The molecule has 0 unspecified atom stereocenters. The molecule has 0 spiro atoms. The molecule has 0 amide bonds. The van der Waals surface area contributed by atoms with Crippen LogP contribution < -0.4 is 33.8 Å². The van der Waals surface area contributed by atoms with Crippen LogP contribution in [0.5, 0.6) is 23.0 Å². The van der Waals surface area contributed by atoms with E-state index in [0.29, 0.717) is 74.9 Å². The molecule has 1 aromatic heterocycles. The molecule has 0 aliphatic carbocycles. The van der Waals surface area contributed by atoms with Crippen molar-refractivity contribution in [3.8, 4) is 23.0 Å². The minimum Gasteiger partial charge on any atom is -0.490 e. The zero-order valence-corrected chi connectivity index (χ0v) is 29.1. The van der Waals surface area contributed by atoms with Crippen LogP contribution in [0.2, 0.25) is 5.02 Å². The zero-order valence-electron chi connectivity index (χ0n) is 27.5. The fraction of sp³-hybridized carbons (Fsp3) is 0.237. The van der Waals surface area contributed by atoms with Crippen LogP contribution in [0.25, 0.3) is 16.8 Å². The Bertz CT molecular complexity index is 2240. The lowest BCUT2D eigenvalue weighted by Gasteiger charge is -2.23. The Morgan fingerprint density at radius 3 is 2.37 bits per heavy atom. The average Bonchev–Trinajstić information content (AvgIpc) is 3.42. The fourth-order valence-corrected chi connectivity index (χ4v) is 6.94. The number of methoxy groups -OCH3 is 1. The predicted molar refractivity (Wildman–Crippen MR) is 191 cm³/mol. The zero-order chi connectivity index (χ0) is 34.5. The number of aromatic nitrogens is 1. The van der Waals surface area contributed by atoms with Crippen molar-refractivity contribution in [2.24, 2.45) is 4.99 Å². The third-order valence-corrected chi connectivity index (χ3v) is 9.11. The first-order chi connectivity index (χ1) is 23.8. The number of benzene rings is 4. The third-order valence-electron chi connectivity index (χ3n) is 7.83. The number of nitrogens with zero attached hydrogens (tertiary/aromatic N) is 2. The summed E-state index contributed by atoms with van der Waals surface area (Å²) in [5, 5.41) is 2.61. The van der Waals surface area contributed by atoms with E-state index in [0.717, 1.165) is 16.3 Å². The summed E-state index contributed by atoms with van der Waals surface area (Å²) in [6.45, 7) is 7.18. The molecule has 6 rings (SSSR count). The van der Waals surface area contributed by atoms with Crippen molar-refractivity contribution in [2.45, 2.75) is 33.4 Å². The molecule has 9 nitrogen and oxygen atoms in total. The van der Waals surface area contributed by atoms with Crippen molar-refractivity contribution in [3.63, 3.8) is 0 Å². The van der Waals surface area contributed by atoms with E-state index in [1.807, 2.05) is 45.0 Å². The average molecular weight is 699 g/mol. The molecule has 49 heavy (non-hydrogen) atoms. The minimum atomic E-state index is -0.811. The standard InChI is InChI=1S/C38H35ClN2O7S/c1-5-45-30-15-14-27(20-31(30)46-6-2)34-28(37(43)44-4)21-40-38-41(34)36(42)33(49-38)19-24-17-29(39)35(32(18-24)47-7-3)48-22-23-12-13-25-10-8-9-11-26(25)16-23/h8-21,34H,5-7,22H2,1-4H3/b33-19-/t34-/m1/s1. The second kappa shape index (κ2) is 15.0. The topological polar surface area (TPSA) is 97.6 Å². The van der Waals surface area contributed by atoms with Gasteiger partial charge in [-0.2, -0.15) is 0 Å². The molecule has 4 aromatic carbocycles. The Hall–Kier alpha value is -5.06. The molecule has 0 saturated carbocycles. The molecule has 1 atom stereocenters. The van der Waals surface area contributed by atoms with Crippen molar-refractivity contribution in [1.29, 1.82) is 0 Å². The van der Waals surface area contributed by atoms with Crippen LogP contribution in [-0.2, 0) is 16.1 Å². The van der Waals surface area contributed by atoms with Gasteiger partial charge in [0.25, 0.3) is 5.56 Å². The fourth-order valence-electron chi connectivity index (χ4n) is 5.70. The molecule has 1 aliphatic heterocycles. The molecule has 2 heterocycles. The molecule has 1 aliphatic rings. The molecule has 0 fully saturated rings. The maximum Gasteiger partial charge on any atom is 0.337 e. The van der Waals surface area contributed by atoms with Gasteiger partial charge in [0.2, 0.25) is 0 Å². The lowest BCUT2D eigenvalue weighted by atomic mass is 9.97. The Balaban J connectivity index is 1.38. The number of thiazole rings is 1. The highest BCUT2D eigenvalue weighted by Crippen LogP contribution is 2.38. The minimum absolute atomic E-state index is 0.211. The van der Waals surface area contributed by atoms with Gasteiger partial charge in [0.05, 0.1) is 48.1 Å². The number of ether oxygens (including phenoxy) is 5. The number of hydrogen-bond donors (Lipinski definition) is 0. The van der Waals surface area contributed by atoms with Crippen molar-refractivity contribution in [2.75, 3.05) is 26.9 Å². The lowest BCUT2D eigenvalue weighted by molar-refractivity contribution is -0.136. The Kier molecular flexibility index (Phi) is 10.4. The van der Waals surface area contributed by atoms with Gasteiger partial charge in [0.15, 0.2) is 27.8 Å². The van der Waals surface area contributed by atoms with E-state index in [9.17, 15) is 9.59 Å². The quantitative estimate of drug-likeness (QED) is 0.136. The molecule has 11 heteroatoms. The first kappa shape index (κ1) is 33.8. The van der Waals surface area contributed by atoms with E-state index >= 15 is 0 Å². The first-order valence-electron chi connectivity index (χ1n) is 15.9. The number of rotatable bonds is 12. The smallest absolute Gasteiger partial charge is 0.337 e. The number of fused-ring (bicyclic) bond motifs is 2. The summed E-state index contributed by atoms with van der Waals surface area (Å²) in [6.07, 6.45) is 3.18. The molecule has 5 aromatic rings. The van der Waals surface area contributed by atoms with Crippen molar-refractivity contribution in [1.82, 2.24) is 4.57 Å². The van der Waals surface area contributed by atoms with Gasteiger partial charge in [-0.05, 0) is 84.6 Å². The van der Waals surface area contributed by atoms with E-state index < -0.39 is 12.0 Å². The van der Waals surface area contributed by atoms with E-state index in [-0.39, 0.29) is 11.1 Å². The molecular weight excluding hydrogens is 664 g/mol. The number of carbonyl (C=O) groups excluding carboxylic acids is 1. The number of halogens is 1. The van der Waals surface area contributed by atoms with Gasteiger partial charge >= 0.3 is 5.97 Å². The van der Waals surface area contributed by atoms with Crippen LogP contribution in [-0.4, -0.2) is 37.5 Å². The maximum atomic E-state index is 14.1. The largest absolute Gasteiger partial charge is 0.490 e. The van der Waals surface area contributed by atoms with Gasteiger partial charge < -0.3 is 23.7 Å². The van der Waals surface area contributed by atoms with Gasteiger partial charge in [0.1, 0.15) is 6.61 Å². The van der Waals surface area contributed by atoms with Gasteiger partial charge in [-0.3, -0.25) is 9.36 Å². The number of hydrogen-bond acceptors (Lipinski definition) is 9. The summed E-state index contributed by atoms with van der Waals surface area (Å²) in [6, 6.07) is 22.4. The predicted octanol–water partition coefficient (Wildman–Crippen LogP) is 6.60. The second-order valence-electron chi connectivity index (χ2n) is 11.0. The van der Waals surface area contributed by atoms with Gasteiger partial charge in [-0.15, -0.1) is 0 Å². The monoisotopic (exact) mass is 698 g/mol. The van der Waals surface area contributed by atoms with Crippen LogP contribution in [0.3, 0.4) is 0 Å². The normalized spacial score (nSPS) is 14.1. The maximum absolute atomic E-state index is 14.1. The summed E-state index contributed by atoms with van der Waals surface area (Å²) < 4.78 is 30.7. The van der Waals surface area contributed by atoms with Gasteiger partial charge in [-0.25, -0.2) is 9.79 Å². The van der Waals surface area contributed by atoms with E-state index in [4.69, 9.17) is 35.3 Å². The summed E-state index contributed by atoms with van der Waals surface area (Å²) in [7, 11) is 1.30. The number of esters is 1. The van der Waals surface area contributed by atoms with Crippen molar-refractivity contribution in [3.05, 3.63) is 126 Å². The summed E-state index contributed by atoms with van der Waals surface area (Å²) in [5.74, 6) is 1.35. The molecule has 252 valence electrons. The van der Waals surface area contributed by atoms with Crippen molar-refractivity contribution >= 4 is 45.8 Å². The summed E-state index contributed by atoms with van der Waals surface area (Å²) in [4.78, 5) is 32.0. The highest BCUT2D eigenvalue weighted by atomic mass is 35.5. The third kappa shape index (κ3) is 7.06. The van der Waals surface area contributed by atoms with Crippen LogP contribution in [0, 0.1) is 0 Å². The first-order valence-corrected chi connectivity index (χ1v) is 17.1. The second-order valence-corrected chi connectivity index (χ2v) is 12.4. The Morgan fingerprint density at radius 2 is 1.61 bits per heavy atom. The van der Waals surface area contributed by atoms with Gasteiger partial charge in [-0.1, -0.05) is 65.4 Å². The van der Waals surface area contributed by atoms with Crippen LogP contribution in [0.1, 0.15) is 43.5 Å². The van der Waals surface area contributed by atoms with E-state index in [1.165, 1.54) is 29.2 Å². The lowest BCUT2D eigenvalue weighted by Crippen LogP contribution is -2.39. The van der Waals surface area contributed by atoms with Crippen molar-refractivity contribution < 1.29 is 28.5 Å². The molecule has 0 N–H and O–H groups in total. The SMILES string of the molecule is CCOc1ccc([C@@H]2C(C(=O)OC)=CN=c3s/c(=C\c4cc(Cl)c(OCc5ccc6ccccc6c5)c(OCC)c4)c(=O)n32)cc1OCC. The molecule has 0 radical (unpaired) electrons. The Morgan fingerprint density at radius 1 is 0.878 bits per heavy atom. The Labute approximate surface area is 292 Å². The van der Waals surface area contributed by atoms with Crippen LogP contribution in [0.4, 0.5) is 0 Å². The molecule has 0 saturated heterocycles. The molecule has 0 bridgehead atoms.